The zero-order chi connectivity index (χ0) is 26.1. The molecular formula is C24H26F3N7O2. The van der Waals surface area contributed by atoms with Crippen LogP contribution in [0.3, 0.4) is 0 Å². The van der Waals surface area contributed by atoms with Crippen LogP contribution in [0, 0.1) is 23.4 Å². The normalized spacial score (nSPS) is 16.3. The Hall–Kier alpha value is -3.77. The zero-order valence-corrected chi connectivity index (χ0v) is 20.0. The number of hydrogen-bond donors (Lipinski definition) is 3. The molecule has 9 nitrogen and oxygen atoms in total. The molecule has 4 rings (SSSR count). The summed E-state index contributed by atoms with van der Waals surface area (Å²) in [4.78, 5) is 12.9. The van der Waals surface area contributed by atoms with Gasteiger partial charge in [0.2, 0.25) is 0 Å². The molecule has 12 heteroatoms. The summed E-state index contributed by atoms with van der Waals surface area (Å²) in [5.41, 5.74) is 14.1. The fourth-order valence-corrected chi connectivity index (χ4v) is 4.03. The molecule has 3 aromatic rings. The molecule has 1 aliphatic rings. The number of nitrogen functional groups attached to an aromatic ring is 2. The second kappa shape index (κ2) is 10.1. The Morgan fingerprint density at radius 3 is 2.67 bits per heavy atom. The summed E-state index contributed by atoms with van der Waals surface area (Å²) in [6.45, 7) is 3.84. The molecular weight excluding hydrogens is 475 g/mol. The van der Waals surface area contributed by atoms with Gasteiger partial charge in [0.15, 0.2) is 23.3 Å². The number of benzene rings is 1. The number of aliphatic hydroxyl groups excluding tert-OH is 1. The van der Waals surface area contributed by atoms with E-state index in [1.54, 1.807) is 12.3 Å². The highest BCUT2D eigenvalue weighted by molar-refractivity contribution is 5.72. The predicted molar refractivity (Wildman–Crippen MR) is 128 cm³/mol. The highest BCUT2D eigenvalue weighted by Gasteiger charge is 2.27. The van der Waals surface area contributed by atoms with Gasteiger partial charge in [0.1, 0.15) is 16.9 Å². The molecule has 0 spiro atoms. The molecule has 190 valence electrons. The smallest absolute Gasteiger partial charge is 0.256 e. The van der Waals surface area contributed by atoms with Crippen LogP contribution in [-0.2, 0) is 24.0 Å². The molecule has 0 bridgehead atoms. The van der Waals surface area contributed by atoms with E-state index in [-0.39, 0.29) is 34.9 Å². The number of aliphatic hydroxyl groups is 1. The Bertz CT molecular complexity index is 1420. The lowest BCUT2D eigenvalue weighted by Crippen LogP contribution is -2.19. The molecule has 2 aromatic heterocycles. The van der Waals surface area contributed by atoms with Crippen LogP contribution in [0.4, 0.5) is 30.4 Å². The van der Waals surface area contributed by atoms with Crippen molar-refractivity contribution in [3.05, 3.63) is 63.5 Å². The van der Waals surface area contributed by atoms with E-state index >= 15 is 0 Å². The molecule has 2 unspecified atom stereocenters. The van der Waals surface area contributed by atoms with Gasteiger partial charge < -0.3 is 21.3 Å². The summed E-state index contributed by atoms with van der Waals surface area (Å²) in [7, 11) is 1.27. The maximum Gasteiger partial charge on any atom is 0.256 e. The number of rotatable bonds is 6. The fraction of sp³-hybridized carbons (Fsp3) is 0.333. The first kappa shape index (κ1) is 25.3. The third-order valence-electron chi connectivity index (χ3n) is 5.87. The minimum absolute atomic E-state index is 0.0434. The fourth-order valence-electron chi connectivity index (χ4n) is 4.03. The Morgan fingerprint density at radius 2 is 1.97 bits per heavy atom. The molecule has 0 fully saturated rings. The average molecular weight is 502 g/mol. The molecule has 2 atom stereocenters. The quantitative estimate of drug-likeness (QED) is 0.351. The SMILES string of the molecule is CCc1cc(N)c(=NC(O)OC)c(N)nc1-n1nc(Cc2c(F)ccc(F)c2F)c2c1CC(C)C=N2. The summed E-state index contributed by atoms with van der Waals surface area (Å²) in [5, 5.41) is 14.4. The molecule has 0 aliphatic carbocycles. The second-order valence-corrected chi connectivity index (χ2v) is 8.45. The van der Waals surface area contributed by atoms with Gasteiger partial charge in [-0.05, 0) is 42.5 Å². The summed E-state index contributed by atoms with van der Waals surface area (Å²) < 4.78 is 49.0. The van der Waals surface area contributed by atoms with E-state index in [2.05, 4.69) is 20.1 Å². The lowest BCUT2D eigenvalue weighted by Gasteiger charge is -2.15. The van der Waals surface area contributed by atoms with E-state index in [0.29, 0.717) is 35.6 Å². The van der Waals surface area contributed by atoms with E-state index in [9.17, 15) is 18.3 Å². The van der Waals surface area contributed by atoms with Crippen LogP contribution in [0.15, 0.2) is 28.2 Å². The molecule has 0 saturated carbocycles. The van der Waals surface area contributed by atoms with Crippen molar-refractivity contribution in [2.45, 2.75) is 39.5 Å². The van der Waals surface area contributed by atoms with Crippen LogP contribution in [0.25, 0.3) is 5.82 Å². The first-order valence-electron chi connectivity index (χ1n) is 11.3. The maximum absolute atomic E-state index is 14.4. The molecule has 1 aliphatic heterocycles. The minimum Gasteiger partial charge on any atom is -0.397 e. The van der Waals surface area contributed by atoms with E-state index in [1.165, 1.54) is 11.8 Å². The second-order valence-electron chi connectivity index (χ2n) is 8.45. The van der Waals surface area contributed by atoms with Gasteiger partial charge in [-0.15, -0.1) is 0 Å². The predicted octanol–water partition coefficient (Wildman–Crippen LogP) is 2.72. The molecule has 36 heavy (non-hydrogen) atoms. The number of nitrogens with zero attached hydrogens (tertiary/aromatic N) is 5. The Kier molecular flexibility index (Phi) is 7.09. The van der Waals surface area contributed by atoms with Gasteiger partial charge in [-0.1, -0.05) is 13.8 Å². The van der Waals surface area contributed by atoms with Gasteiger partial charge in [0.05, 0.1) is 17.1 Å². The average Bonchev–Trinajstić information content (AvgIpc) is 3.15. The number of hydrogen-bond acceptors (Lipinski definition) is 8. The lowest BCUT2D eigenvalue weighted by molar-refractivity contribution is -0.0684. The lowest BCUT2D eigenvalue weighted by atomic mass is 10.0. The van der Waals surface area contributed by atoms with Crippen molar-refractivity contribution >= 4 is 23.4 Å². The van der Waals surface area contributed by atoms with Crippen molar-refractivity contribution in [2.75, 3.05) is 18.6 Å². The summed E-state index contributed by atoms with van der Waals surface area (Å²) in [6, 6.07) is 3.23. The maximum atomic E-state index is 14.4. The van der Waals surface area contributed by atoms with Crippen LogP contribution in [0.2, 0.25) is 0 Å². The van der Waals surface area contributed by atoms with Crippen LogP contribution in [0.5, 0.6) is 0 Å². The molecule has 0 radical (unpaired) electrons. The molecule has 5 N–H and O–H groups in total. The largest absolute Gasteiger partial charge is 0.397 e. The van der Waals surface area contributed by atoms with Crippen molar-refractivity contribution in [1.82, 2.24) is 14.8 Å². The number of nitrogens with two attached hydrogens (primary N) is 2. The van der Waals surface area contributed by atoms with Gasteiger partial charge in [-0.2, -0.15) is 5.10 Å². The van der Waals surface area contributed by atoms with Gasteiger partial charge in [-0.3, -0.25) is 4.99 Å². The molecule has 0 saturated heterocycles. The Morgan fingerprint density at radius 1 is 1.25 bits per heavy atom. The standard InChI is InChI=1S/C24H26F3N7O2/c1-4-12-8-16(28)20(31-24(35)36-3)22(29)32-23(12)34-18-7-11(2)10-30-21(18)17(33-34)9-13-14(25)5-6-15(26)19(13)27/h5-6,8,10-11,24,35H,4,7,9H2,1-3H3,(H4,28,29,31,32). The highest BCUT2D eigenvalue weighted by Crippen LogP contribution is 2.34. The summed E-state index contributed by atoms with van der Waals surface area (Å²) in [6.07, 6.45) is 0.892. The van der Waals surface area contributed by atoms with E-state index in [0.717, 1.165) is 12.1 Å². The van der Waals surface area contributed by atoms with Gasteiger partial charge in [0, 0.05) is 25.3 Å². The Labute approximate surface area is 205 Å². The molecule has 0 amide bonds. The van der Waals surface area contributed by atoms with Crippen molar-refractivity contribution in [3.63, 3.8) is 0 Å². The number of fused-ring (bicyclic) bond motifs is 1. The van der Waals surface area contributed by atoms with Gasteiger partial charge in [0.25, 0.3) is 6.41 Å². The van der Waals surface area contributed by atoms with Crippen LogP contribution in [0.1, 0.15) is 36.4 Å². The first-order chi connectivity index (χ1) is 17.1. The molecule has 3 heterocycles. The third kappa shape index (κ3) is 4.69. The van der Waals surface area contributed by atoms with Crippen LogP contribution >= 0.6 is 0 Å². The minimum atomic E-state index is -1.50. The van der Waals surface area contributed by atoms with Crippen molar-refractivity contribution in [3.8, 4) is 5.82 Å². The number of aryl methyl sites for hydroxylation is 1. The monoisotopic (exact) mass is 501 g/mol. The number of halogens is 3. The number of methoxy groups -OCH3 is 1. The van der Waals surface area contributed by atoms with Crippen molar-refractivity contribution < 1.29 is 23.0 Å². The third-order valence-corrected chi connectivity index (χ3v) is 5.87. The zero-order valence-electron chi connectivity index (χ0n) is 20.0. The Balaban J connectivity index is 1.96. The van der Waals surface area contributed by atoms with Crippen LogP contribution < -0.4 is 16.8 Å². The highest BCUT2D eigenvalue weighted by atomic mass is 19.2. The number of aliphatic imine (C=N–C) groups is 1. The number of anilines is 2. The van der Waals surface area contributed by atoms with Gasteiger partial charge >= 0.3 is 0 Å². The summed E-state index contributed by atoms with van der Waals surface area (Å²) in [5.74, 6) is -3.02. The van der Waals surface area contributed by atoms with E-state index in [4.69, 9.17) is 16.2 Å². The van der Waals surface area contributed by atoms with E-state index < -0.39 is 29.4 Å². The number of aromatic nitrogens is 3. The van der Waals surface area contributed by atoms with E-state index in [1.807, 2.05) is 13.8 Å². The molecule has 1 aromatic carbocycles. The first-order valence-corrected chi connectivity index (χ1v) is 11.3. The summed E-state index contributed by atoms with van der Waals surface area (Å²) >= 11 is 0. The van der Waals surface area contributed by atoms with Gasteiger partial charge in [-0.25, -0.2) is 27.8 Å². The number of ether oxygens (including phenoxy) is 1. The van der Waals surface area contributed by atoms with Crippen molar-refractivity contribution in [1.29, 1.82) is 0 Å². The van der Waals surface area contributed by atoms with Crippen LogP contribution in [-0.4, -0.2) is 39.6 Å². The van der Waals surface area contributed by atoms with Crippen molar-refractivity contribution in [2.24, 2.45) is 15.9 Å². The topological polar surface area (TPSA) is 137 Å².